The van der Waals surface area contributed by atoms with E-state index >= 15 is 0 Å². The Balaban J connectivity index is 2.97. The van der Waals surface area contributed by atoms with Crippen molar-refractivity contribution in [3.63, 3.8) is 0 Å². The van der Waals surface area contributed by atoms with E-state index in [1.54, 1.807) is 0 Å². The Hall–Kier alpha value is -0.340. The molecular formula is C11H8Br2. The van der Waals surface area contributed by atoms with Gasteiger partial charge in [-0.3, -0.25) is 0 Å². The van der Waals surface area contributed by atoms with Crippen LogP contribution in [0, 0.1) is 6.92 Å². The molecule has 2 heteroatoms. The maximum atomic E-state index is 3.60. The third-order valence-electron chi connectivity index (χ3n) is 2.12. The summed E-state index contributed by atoms with van der Waals surface area (Å²) in [5, 5.41) is 2.51. The maximum Gasteiger partial charge on any atom is 0.0294 e. The minimum absolute atomic E-state index is 1.14. The van der Waals surface area contributed by atoms with Crippen molar-refractivity contribution in [3.8, 4) is 0 Å². The number of aryl methyl sites for hydroxylation is 1. The maximum absolute atomic E-state index is 3.60. The highest BCUT2D eigenvalue weighted by Gasteiger charge is 2.04. The predicted molar refractivity (Wildman–Crippen MR) is 64.1 cm³/mol. The van der Waals surface area contributed by atoms with Gasteiger partial charge < -0.3 is 0 Å². The van der Waals surface area contributed by atoms with Crippen LogP contribution in [0.15, 0.2) is 39.3 Å². The molecule has 0 heterocycles. The van der Waals surface area contributed by atoms with Crippen LogP contribution in [0.2, 0.25) is 0 Å². The summed E-state index contributed by atoms with van der Waals surface area (Å²) in [4.78, 5) is 0. The van der Waals surface area contributed by atoms with Crippen molar-refractivity contribution in [2.75, 3.05) is 0 Å². The zero-order chi connectivity index (χ0) is 9.42. The Bertz CT molecular complexity index is 461. The molecule has 13 heavy (non-hydrogen) atoms. The topological polar surface area (TPSA) is 0 Å². The zero-order valence-electron chi connectivity index (χ0n) is 7.14. The molecule has 0 unspecified atom stereocenters. The number of hydrogen-bond donors (Lipinski definition) is 0. The SMILES string of the molecule is Cc1ccc2cccc(Br)c2c1Br. The molecule has 0 nitrogen and oxygen atoms in total. The second-order valence-electron chi connectivity index (χ2n) is 3.03. The van der Waals surface area contributed by atoms with Gasteiger partial charge in [0.25, 0.3) is 0 Å². The molecule has 2 aromatic rings. The fourth-order valence-electron chi connectivity index (χ4n) is 1.40. The van der Waals surface area contributed by atoms with Gasteiger partial charge in [-0.1, -0.05) is 40.2 Å². The summed E-state index contributed by atoms with van der Waals surface area (Å²) in [5.41, 5.74) is 1.26. The fourth-order valence-corrected chi connectivity index (χ4v) is 2.82. The van der Waals surface area contributed by atoms with E-state index in [4.69, 9.17) is 0 Å². The average Bonchev–Trinajstić information content (AvgIpc) is 2.12. The molecule has 0 saturated heterocycles. The van der Waals surface area contributed by atoms with Gasteiger partial charge in [-0.2, -0.15) is 0 Å². The van der Waals surface area contributed by atoms with E-state index in [0.717, 1.165) is 4.47 Å². The van der Waals surface area contributed by atoms with E-state index in [1.807, 2.05) is 6.07 Å². The Labute approximate surface area is 94.2 Å². The molecule has 66 valence electrons. The molecule has 0 aromatic heterocycles. The van der Waals surface area contributed by atoms with E-state index < -0.39 is 0 Å². The van der Waals surface area contributed by atoms with Crippen molar-refractivity contribution in [1.82, 2.24) is 0 Å². The lowest BCUT2D eigenvalue weighted by Gasteiger charge is -2.05. The van der Waals surface area contributed by atoms with Crippen LogP contribution >= 0.6 is 31.9 Å². The van der Waals surface area contributed by atoms with Gasteiger partial charge in [-0.05, 0) is 39.9 Å². The van der Waals surface area contributed by atoms with Crippen LogP contribution < -0.4 is 0 Å². The monoisotopic (exact) mass is 298 g/mol. The molecule has 0 N–H and O–H groups in total. The summed E-state index contributed by atoms with van der Waals surface area (Å²) < 4.78 is 2.32. The molecule has 2 rings (SSSR count). The number of rotatable bonds is 0. The second-order valence-corrected chi connectivity index (χ2v) is 4.68. The third-order valence-corrected chi connectivity index (χ3v) is 3.81. The second kappa shape index (κ2) is 3.43. The van der Waals surface area contributed by atoms with Gasteiger partial charge in [0.15, 0.2) is 0 Å². The van der Waals surface area contributed by atoms with Gasteiger partial charge in [0.2, 0.25) is 0 Å². The fraction of sp³-hybridized carbons (Fsp3) is 0.0909. The van der Waals surface area contributed by atoms with Crippen LogP contribution in [0.4, 0.5) is 0 Å². The summed E-state index contributed by atoms with van der Waals surface area (Å²) in [6.45, 7) is 2.10. The largest absolute Gasteiger partial charge is 0.0605 e. The minimum atomic E-state index is 1.14. The molecule has 0 aliphatic heterocycles. The molecule has 0 aliphatic carbocycles. The molecule has 0 atom stereocenters. The zero-order valence-corrected chi connectivity index (χ0v) is 10.3. The van der Waals surface area contributed by atoms with Crippen molar-refractivity contribution in [2.45, 2.75) is 6.92 Å². The molecule has 0 fully saturated rings. The van der Waals surface area contributed by atoms with Gasteiger partial charge in [0.1, 0.15) is 0 Å². The summed E-state index contributed by atoms with van der Waals surface area (Å²) in [5.74, 6) is 0. The standard InChI is InChI=1S/C11H8Br2/c1-7-5-6-8-3-2-4-9(12)10(8)11(7)13/h2-6H,1H3. The van der Waals surface area contributed by atoms with Crippen molar-refractivity contribution in [3.05, 3.63) is 44.8 Å². The Morgan fingerprint density at radius 2 is 1.77 bits per heavy atom. The van der Waals surface area contributed by atoms with Crippen molar-refractivity contribution >= 4 is 42.6 Å². The summed E-state index contributed by atoms with van der Waals surface area (Å²) in [6, 6.07) is 10.5. The summed E-state index contributed by atoms with van der Waals surface area (Å²) >= 11 is 7.15. The first-order valence-electron chi connectivity index (χ1n) is 4.03. The average molecular weight is 300 g/mol. The molecule has 0 spiro atoms. The quantitative estimate of drug-likeness (QED) is 0.663. The molecule has 0 aliphatic rings. The van der Waals surface area contributed by atoms with Crippen LogP contribution in [0.25, 0.3) is 10.8 Å². The first-order valence-corrected chi connectivity index (χ1v) is 5.62. The van der Waals surface area contributed by atoms with Crippen LogP contribution in [-0.4, -0.2) is 0 Å². The lowest BCUT2D eigenvalue weighted by molar-refractivity contribution is 1.46. The number of halogens is 2. The van der Waals surface area contributed by atoms with Crippen molar-refractivity contribution in [1.29, 1.82) is 0 Å². The lowest BCUT2D eigenvalue weighted by Crippen LogP contribution is -1.80. The van der Waals surface area contributed by atoms with Crippen LogP contribution in [0.3, 0.4) is 0 Å². The minimum Gasteiger partial charge on any atom is -0.0605 e. The normalized spacial score (nSPS) is 10.7. The third kappa shape index (κ3) is 1.53. The number of benzene rings is 2. The lowest BCUT2D eigenvalue weighted by atomic mass is 10.1. The first-order chi connectivity index (χ1) is 6.20. The highest BCUT2D eigenvalue weighted by atomic mass is 79.9. The van der Waals surface area contributed by atoms with Gasteiger partial charge in [-0.15, -0.1) is 0 Å². The molecule has 0 saturated carbocycles. The van der Waals surface area contributed by atoms with Crippen LogP contribution in [-0.2, 0) is 0 Å². The molecule has 0 amide bonds. The van der Waals surface area contributed by atoms with E-state index in [2.05, 4.69) is 63.0 Å². The van der Waals surface area contributed by atoms with Gasteiger partial charge in [0, 0.05) is 14.3 Å². The Kier molecular flexibility index (Phi) is 2.43. The molecular weight excluding hydrogens is 292 g/mol. The van der Waals surface area contributed by atoms with Crippen LogP contribution in [0.1, 0.15) is 5.56 Å². The van der Waals surface area contributed by atoms with Crippen molar-refractivity contribution in [2.24, 2.45) is 0 Å². The number of hydrogen-bond acceptors (Lipinski definition) is 0. The summed E-state index contributed by atoms with van der Waals surface area (Å²) in [6.07, 6.45) is 0. The van der Waals surface area contributed by atoms with Crippen molar-refractivity contribution < 1.29 is 0 Å². The predicted octanol–water partition coefficient (Wildman–Crippen LogP) is 4.67. The van der Waals surface area contributed by atoms with Gasteiger partial charge in [0.05, 0.1) is 0 Å². The highest BCUT2D eigenvalue weighted by Crippen LogP contribution is 2.32. The summed E-state index contributed by atoms with van der Waals surface area (Å²) in [7, 11) is 0. The van der Waals surface area contributed by atoms with Gasteiger partial charge >= 0.3 is 0 Å². The van der Waals surface area contributed by atoms with E-state index in [0.29, 0.717) is 0 Å². The van der Waals surface area contributed by atoms with Gasteiger partial charge in [-0.25, -0.2) is 0 Å². The smallest absolute Gasteiger partial charge is 0.0294 e. The van der Waals surface area contributed by atoms with E-state index in [1.165, 1.54) is 20.8 Å². The number of fused-ring (bicyclic) bond motifs is 1. The van der Waals surface area contributed by atoms with E-state index in [-0.39, 0.29) is 0 Å². The highest BCUT2D eigenvalue weighted by molar-refractivity contribution is 9.11. The Morgan fingerprint density at radius 1 is 1.00 bits per heavy atom. The molecule has 0 bridgehead atoms. The van der Waals surface area contributed by atoms with E-state index in [9.17, 15) is 0 Å². The molecule has 0 radical (unpaired) electrons. The van der Waals surface area contributed by atoms with Crippen LogP contribution in [0.5, 0.6) is 0 Å². The molecule has 2 aromatic carbocycles. The Morgan fingerprint density at radius 3 is 2.54 bits per heavy atom. The first kappa shape index (κ1) is 9.22.